The first-order valence-corrected chi connectivity index (χ1v) is 7.22. The molecule has 0 radical (unpaired) electrons. The van der Waals surface area contributed by atoms with E-state index in [1.807, 2.05) is 23.1 Å². The topological polar surface area (TPSA) is 49.8 Å². The molecule has 1 aromatic carbocycles. The summed E-state index contributed by atoms with van der Waals surface area (Å²) >= 11 is 0. The fourth-order valence-corrected chi connectivity index (χ4v) is 3.90. The highest BCUT2D eigenvalue weighted by atomic mass is 16.5. The molecule has 3 aliphatic rings. The van der Waals surface area contributed by atoms with Crippen molar-refractivity contribution in [2.75, 3.05) is 13.7 Å². The van der Waals surface area contributed by atoms with Crippen LogP contribution in [-0.4, -0.2) is 35.7 Å². The van der Waals surface area contributed by atoms with Gasteiger partial charge in [0, 0.05) is 19.0 Å². The second-order valence-electron chi connectivity index (χ2n) is 5.85. The van der Waals surface area contributed by atoms with Gasteiger partial charge in [-0.05, 0) is 35.3 Å². The molecule has 0 unspecified atom stereocenters. The first kappa shape index (κ1) is 12.7. The molecular formula is C17H17NO3. The summed E-state index contributed by atoms with van der Waals surface area (Å²) in [5.74, 6) is 0.824. The summed E-state index contributed by atoms with van der Waals surface area (Å²) in [5, 5.41) is 10.1. The van der Waals surface area contributed by atoms with Crippen molar-refractivity contribution in [1.82, 2.24) is 4.90 Å². The van der Waals surface area contributed by atoms with Crippen molar-refractivity contribution in [3.05, 3.63) is 53.1 Å². The van der Waals surface area contributed by atoms with Gasteiger partial charge in [0.15, 0.2) is 0 Å². The highest BCUT2D eigenvalue weighted by Gasteiger charge is 2.52. The van der Waals surface area contributed by atoms with Gasteiger partial charge in [0.05, 0.1) is 18.8 Å². The van der Waals surface area contributed by atoms with E-state index in [9.17, 15) is 9.90 Å². The largest absolute Gasteiger partial charge is 0.497 e. The molecule has 2 atom stereocenters. The zero-order valence-corrected chi connectivity index (χ0v) is 11.9. The van der Waals surface area contributed by atoms with Crippen molar-refractivity contribution in [3.63, 3.8) is 0 Å². The predicted octanol–water partition coefficient (Wildman–Crippen LogP) is 1.54. The predicted molar refractivity (Wildman–Crippen MR) is 77.9 cm³/mol. The molecule has 2 heterocycles. The number of hydrogen-bond acceptors (Lipinski definition) is 3. The van der Waals surface area contributed by atoms with E-state index < -0.39 is 11.6 Å². The lowest BCUT2D eigenvalue weighted by Crippen LogP contribution is -2.52. The SMILES string of the molecule is COc1ccc2c(c1)[C@]13C[C@@H](O)C=CC1=CC(=O)N3CC2. The summed E-state index contributed by atoms with van der Waals surface area (Å²) in [6.45, 7) is 0.693. The monoisotopic (exact) mass is 283 g/mol. The summed E-state index contributed by atoms with van der Waals surface area (Å²) in [6.07, 6.45) is 6.18. The molecule has 1 N–H and O–H groups in total. The number of benzene rings is 1. The van der Waals surface area contributed by atoms with Crippen LogP contribution >= 0.6 is 0 Å². The van der Waals surface area contributed by atoms with E-state index >= 15 is 0 Å². The lowest BCUT2D eigenvalue weighted by molar-refractivity contribution is -0.130. The van der Waals surface area contributed by atoms with Gasteiger partial charge in [0.2, 0.25) is 5.91 Å². The Morgan fingerprint density at radius 1 is 1.43 bits per heavy atom. The molecule has 4 rings (SSSR count). The van der Waals surface area contributed by atoms with Gasteiger partial charge in [-0.1, -0.05) is 18.2 Å². The maximum absolute atomic E-state index is 12.3. The zero-order valence-electron chi connectivity index (χ0n) is 11.9. The number of methoxy groups -OCH3 is 1. The van der Waals surface area contributed by atoms with Gasteiger partial charge < -0.3 is 14.7 Å². The number of fused-ring (bicyclic) bond motifs is 1. The molecule has 4 heteroatoms. The number of carbonyl (C=O) groups is 1. The van der Waals surface area contributed by atoms with E-state index in [4.69, 9.17) is 4.74 Å². The molecule has 1 aliphatic carbocycles. The minimum Gasteiger partial charge on any atom is -0.497 e. The van der Waals surface area contributed by atoms with Crippen LogP contribution in [0.1, 0.15) is 17.5 Å². The molecule has 0 saturated carbocycles. The Bertz CT molecular complexity index is 691. The van der Waals surface area contributed by atoms with Gasteiger partial charge in [-0.2, -0.15) is 0 Å². The normalized spacial score (nSPS) is 29.6. The number of ether oxygens (including phenoxy) is 1. The molecule has 21 heavy (non-hydrogen) atoms. The average molecular weight is 283 g/mol. The van der Waals surface area contributed by atoms with Gasteiger partial charge in [-0.15, -0.1) is 0 Å². The van der Waals surface area contributed by atoms with E-state index in [-0.39, 0.29) is 5.91 Å². The summed E-state index contributed by atoms with van der Waals surface area (Å²) in [6, 6.07) is 6.05. The number of aliphatic hydroxyl groups is 1. The van der Waals surface area contributed by atoms with E-state index in [0.29, 0.717) is 13.0 Å². The second-order valence-corrected chi connectivity index (χ2v) is 5.85. The first-order valence-electron chi connectivity index (χ1n) is 7.22. The maximum atomic E-state index is 12.3. The average Bonchev–Trinajstić information content (AvgIpc) is 2.79. The summed E-state index contributed by atoms with van der Waals surface area (Å²) < 4.78 is 5.36. The third kappa shape index (κ3) is 1.56. The fourth-order valence-electron chi connectivity index (χ4n) is 3.90. The highest BCUT2D eigenvalue weighted by molar-refractivity contribution is 5.95. The Hall–Kier alpha value is -2.07. The molecule has 0 bridgehead atoms. The van der Waals surface area contributed by atoms with Crippen LogP contribution in [0, 0.1) is 0 Å². The molecule has 0 aromatic heterocycles. The van der Waals surface area contributed by atoms with Crippen molar-refractivity contribution >= 4 is 5.91 Å². The molecule has 0 saturated heterocycles. The van der Waals surface area contributed by atoms with Gasteiger partial charge >= 0.3 is 0 Å². The van der Waals surface area contributed by atoms with Gasteiger partial charge in [-0.25, -0.2) is 0 Å². The molecule has 1 amide bonds. The van der Waals surface area contributed by atoms with Crippen LogP contribution in [0.4, 0.5) is 0 Å². The third-order valence-electron chi connectivity index (χ3n) is 4.85. The molecule has 4 nitrogen and oxygen atoms in total. The van der Waals surface area contributed by atoms with Gasteiger partial charge in [0.25, 0.3) is 0 Å². The molecular weight excluding hydrogens is 266 g/mol. The van der Waals surface area contributed by atoms with Crippen LogP contribution in [0.15, 0.2) is 42.0 Å². The van der Waals surface area contributed by atoms with E-state index in [0.717, 1.165) is 23.3 Å². The van der Waals surface area contributed by atoms with Crippen LogP contribution in [0.2, 0.25) is 0 Å². The third-order valence-corrected chi connectivity index (χ3v) is 4.85. The Kier molecular flexibility index (Phi) is 2.54. The smallest absolute Gasteiger partial charge is 0.247 e. The molecule has 108 valence electrons. The van der Waals surface area contributed by atoms with Crippen molar-refractivity contribution in [2.24, 2.45) is 0 Å². The first-order chi connectivity index (χ1) is 10.1. The fraction of sp³-hybridized carbons (Fsp3) is 0.353. The van der Waals surface area contributed by atoms with Crippen molar-refractivity contribution in [2.45, 2.75) is 24.5 Å². The van der Waals surface area contributed by atoms with Crippen molar-refractivity contribution < 1.29 is 14.6 Å². The summed E-state index contributed by atoms with van der Waals surface area (Å²) in [5.41, 5.74) is 2.78. The number of hydrogen-bond donors (Lipinski definition) is 1. The molecule has 1 aromatic rings. The van der Waals surface area contributed by atoms with Crippen LogP contribution in [0.25, 0.3) is 0 Å². The van der Waals surface area contributed by atoms with E-state index in [2.05, 4.69) is 6.07 Å². The zero-order chi connectivity index (χ0) is 14.6. The molecule has 1 spiro atoms. The van der Waals surface area contributed by atoms with Gasteiger partial charge in [-0.3, -0.25) is 4.79 Å². The summed E-state index contributed by atoms with van der Waals surface area (Å²) in [7, 11) is 1.65. The number of aliphatic hydroxyl groups excluding tert-OH is 1. The van der Waals surface area contributed by atoms with Crippen LogP contribution in [-0.2, 0) is 16.8 Å². The Morgan fingerprint density at radius 2 is 2.29 bits per heavy atom. The standard InChI is InChI=1S/C17H17NO3/c1-21-14-5-2-11-6-7-18-16(20)8-12-3-4-13(19)10-17(12,18)15(11)9-14/h2-5,8-9,13,19H,6-7,10H2,1H3/t13-,17-/m0/s1. The van der Waals surface area contributed by atoms with E-state index in [1.54, 1.807) is 19.3 Å². The van der Waals surface area contributed by atoms with Crippen LogP contribution < -0.4 is 4.74 Å². The lowest BCUT2D eigenvalue weighted by atomic mass is 9.71. The summed E-state index contributed by atoms with van der Waals surface area (Å²) in [4.78, 5) is 14.2. The van der Waals surface area contributed by atoms with Crippen molar-refractivity contribution in [3.8, 4) is 5.75 Å². The lowest BCUT2D eigenvalue weighted by Gasteiger charge is -2.47. The minimum absolute atomic E-state index is 0.0391. The number of rotatable bonds is 1. The molecule has 2 aliphatic heterocycles. The minimum atomic E-state index is -0.535. The Labute approximate surface area is 123 Å². The number of amides is 1. The Balaban J connectivity index is 1.97. The van der Waals surface area contributed by atoms with E-state index in [1.165, 1.54) is 5.56 Å². The highest BCUT2D eigenvalue weighted by Crippen LogP contribution is 2.51. The van der Waals surface area contributed by atoms with Crippen molar-refractivity contribution in [1.29, 1.82) is 0 Å². The van der Waals surface area contributed by atoms with Crippen LogP contribution in [0.5, 0.6) is 5.75 Å². The molecule has 0 fully saturated rings. The Morgan fingerprint density at radius 3 is 3.10 bits per heavy atom. The number of carbonyl (C=O) groups excluding carboxylic acids is 1. The second kappa shape index (κ2) is 4.21. The van der Waals surface area contributed by atoms with Gasteiger partial charge in [0.1, 0.15) is 5.75 Å². The maximum Gasteiger partial charge on any atom is 0.247 e. The van der Waals surface area contributed by atoms with Crippen LogP contribution in [0.3, 0.4) is 0 Å². The number of nitrogens with zero attached hydrogens (tertiary/aromatic N) is 1. The quantitative estimate of drug-likeness (QED) is 0.850.